The molecule has 0 fully saturated rings. The summed E-state index contributed by atoms with van der Waals surface area (Å²) in [6, 6.07) is 0. The van der Waals surface area contributed by atoms with E-state index < -0.39 is 0 Å². The molecular formula is C14H30ClN. The zero-order chi connectivity index (χ0) is 12.1. The number of hydrogen-bond donors (Lipinski definition) is 1. The van der Waals surface area contributed by atoms with E-state index in [-0.39, 0.29) is 5.50 Å². The number of nitrogens with one attached hydrogen (secondary N) is 1. The molecule has 0 radical (unpaired) electrons. The third-order valence-electron chi connectivity index (χ3n) is 2.96. The second-order valence-electron chi connectivity index (χ2n) is 4.75. The second kappa shape index (κ2) is 13.3. The first-order chi connectivity index (χ1) is 7.77. The highest BCUT2D eigenvalue weighted by atomic mass is 35.5. The molecular weight excluding hydrogens is 218 g/mol. The Morgan fingerprint density at radius 1 is 0.812 bits per heavy atom. The molecule has 0 spiro atoms. The van der Waals surface area contributed by atoms with Gasteiger partial charge in [-0.15, -0.1) is 11.6 Å². The molecule has 98 valence electrons. The van der Waals surface area contributed by atoms with Crippen molar-refractivity contribution in [2.75, 3.05) is 6.54 Å². The maximum atomic E-state index is 5.79. The standard InChI is InChI=1S/C14H30ClN/c1-3-4-5-6-7-8-9-10-11-12-13-16-14(2)15/h14,16H,3-13H2,1-2H3. The zero-order valence-electron chi connectivity index (χ0n) is 11.2. The summed E-state index contributed by atoms with van der Waals surface area (Å²) >= 11 is 5.79. The van der Waals surface area contributed by atoms with Crippen molar-refractivity contribution in [3.8, 4) is 0 Å². The van der Waals surface area contributed by atoms with E-state index in [0.717, 1.165) is 6.54 Å². The average molecular weight is 248 g/mol. The molecule has 0 saturated heterocycles. The Labute approximate surface area is 107 Å². The van der Waals surface area contributed by atoms with Gasteiger partial charge < -0.3 is 5.32 Å². The minimum absolute atomic E-state index is 0.124. The molecule has 1 nitrogen and oxygen atoms in total. The number of unbranched alkanes of at least 4 members (excludes halogenated alkanes) is 9. The largest absolute Gasteiger partial charge is 0.302 e. The van der Waals surface area contributed by atoms with Gasteiger partial charge in [0.1, 0.15) is 0 Å². The molecule has 2 heteroatoms. The van der Waals surface area contributed by atoms with Gasteiger partial charge in [-0.25, -0.2) is 0 Å². The van der Waals surface area contributed by atoms with Gasteiger partial charge in [0, 0.05) is 0 Å². The predicted octanol–water partition coefficient (Wildman–Crippen LogP) is 5.08. The van der Waals surface area contributed by atoms with Gasteiger partial charge in [0.2, 0.25) is 0 Å². The summed E-state index contributed by atoms with van der Waals surface area (Å²) in [6.45, 7) is 5.33. The van der Waals surface area contributed by atoms with Crippen LogP contribution >= 0.6 is 11.6 Å². The molecule has 0 amide bonds. The highest BCUT2D eigenvalue weighted by Gasteiger charge is 1.94. The molecule has 0 aliphatic heterocycles. The van der Waals surface area contributed by atoms with E-state index in [1.807, 2.05) is 6.92 Å². The van der Waals surface area contributed by atoms with Crippen LogP contribution in [0, 0.1) is 0 Å². The van der Waals surface area contributed by atoms with Crippen molar-refractivity contribution in [2.45, 2.75) is 83.6 Å². The van der Waals surface area contributed by atoms with E-state index >= 15 is 0 Å². The first-order valence-corrected chi connectivity index (χ1v) is 7.58. The predicted molar refractivity (Wildman–Crippen MR) is 75.2 cm³/mol. The van der Waals surface area contributed by atoms with Gasteiger partial charge in [-0.05, 0) is 19.9 Å². The summed E-state index contributed by atoms with van der Waals surface area (Å²) in [5, 5.41) is 3.24. The van der Waals surface area contributed by atoms with Crippen LogP contribution in [0.1, 0.15) is 78.1 Å². The van der Waals surface area contributed by atoms with Gasteiger partial charge in [0.05, 0.1) is 5.50 Å². The first-order valence-electron chi connectivity index (χ1n) is 7.14. The molecule has 0 aromatic carbocycles. The van der Waals surface area contributed by atoms with E-state index in [1.54, 1.807) is 0 Å². The fourth-order valence-electron chi connectivity index (χ4n) is 1.91. The van der Waals surface area contributed by atoms with Crippen molar-refractivity contribution in [1.82, 2.24) is 5.32 Å². The van der Waals surface area contributed by atoms with Crippen LogP contribution in [-0.2, 0) is 0 Å². The molecule has 16 heavy (non-hydrogen) atoms. The van der Waals surface area contributed by atoms with Gasteiger partial charge in [-0.3, -0.25) is 0 Å². The van der Waals surface area contributed by atoms with E-state index in [4.69, 9.17) is 11.6 Å². The van der Waals surface area contributed by atoms with Crippen LogP contribution < -0.4 is 5.32 Å². The molecule has 0 heterocycles. The molecule has 0 rings (SSSR count). The van der Waals surface area contributed by atoms with Crippen LogP contribution in [0.4, 0.5) is 0 Å². The SMILES string of the molecule is CCCCCCCCCCCCNC(C)Cl. The van der Waals surface area contributed by atoms with Crippen molar-refractivity contribution in [3.05, 3.63) is 0 Å². The van der Waals surface area contributed by atoms with Crippen LogP contribution in [0.15, 0.2) is 0 Å². The topological polar surface area (TPSA) is 12.0 Å². The molecule has 0 saturated carbocycles. The molecule has 0 bridgehead atoms. The zero-order valence-corrected chi connectivity index (χ0v) is 12.0. The monoisotopic (exact) mass is 247 g/mol. The Bertz CT molecular complexity index is 126. The quantitative estimate of drug-likeness (QED) is 0.288. The highest BCUT2D eigenvalue weighted by Crippen LogP contribution is 2.10. The highest BCUT2D eigenvalue weighted by molar-refractivity contribution is 6.20. The van der Waals surface area contributed by atoms with Crippen molar-refractivity contribution < 1.29 is 0 Å². The third kappa shape index (κ3) is 14.2. The lowest BCUT2D eigenvalue weighted by Crippen LogP contribution is -2.21. The molecule has 0 aromatic rings. The summed E-state index contributed by atoms with van der Waals surface area (Å²) in [7, 11) is 0. The van der Waals surface area contributed by atoms with Crippen molar-refractivity contribution in [3.63, 3.8) is 0 Å². The number of alkyl halides is 1. The molecule has 0 aliphatic rings. The smallest absolute Gasteiger partial charge is 0.0796 e. The van der Waals surface area contributed by atoms with Gasteiger partial charge in [0.15, 0.2) is 0 Å². The molecule has 0 aliphatic carbocycles. The van der Waals surface area contributed by atoms with Crippen molar-refractivity contribution in [1.29, 1.82) is 0 Å². The van der Waals surface area contributed by atoms with Gasteiger partial charge >= 0.3 is 0 Å². The average Bonchev–Trinajstić information content (AvgIpc) is 2.25. The molecule has 1 N–H and O–H groups in total. The number of rotatable bonds is 12. The molecule has 0 aromatic heterocycles. The summed E-state index contributed by atoms with van der Waals surface area (Å²) in [6.07, 6.45) is 14.0. The summed E-state index contributed by atoms with van der Waals surface area (Å²) in [4.78, 5) is 0. The normalized spacial score (nSPS) is 12.9. The van der Waals surface area contributed by atoms with Crippen LogP contribution in [0.2, 0.25) is 0 Å². The number of hydrogen-bond acceptors (Lipinski definition) is 1. The van der Waals surface area contributed by atoms with Gasteiger partial charge in [-0.2, -0.15) is 0 Å². The fraction of sp³-hybridized carbons (Fsp3) is 1.00. The fourth-order valence-corrected chi connectivity index (χ4v) is 2.02. The van der Waals surface area contributed by atoms with Crippen LogP contribution in [-0.4, -0.2) is 12.0 Å². The Kier molecular flexibility index (Phi) is 13.5. The summed E-state index contributed by atoms with van der Waals surface area (Å²) in [5.41, 5.74) is 0.124. The van der Waals surface area contributed by atoms with E-state index in [0.29, 0.717) is 0 Å². The Morgan fingerprint density at radius 3 is 1.69 bits per heavy atom. The minimum Gasteiger partial charge on any atom is -0.302 e. The Hall–Kier alpha value is 0.250. The molecule has 1 unspecified atom stereocenters. The maximum absolute atomic E-state index is 5.79. The third-order valence-corrected chi connectivity index (χ3v) is 3.11. The lowest BCUT2D eigenvalue weighted by Gasteiger charge is -2.05. The molecule has 1 atom stereocenters. The second-order valence-corrected chi connectivity index (χ2v) is 5.41. The minimum atomic E-state index is 0.124. The maximum Gasteiger partial charge on any atom is 0.0796 e. The lowest BCUT2D eigenvalue weighted by molar-refractivity contribution is 0.542. The van der Waals surface area contributed by atoms with E-state index in [2.05, 4.69) is 12.2 Å². The Morgan fingerprint density at radius 2 is 1.25 bits per heavy atom. The van der Waals surface area contributed by atoms with Crippen LogP contribution in [0.5, 0.6) is 0 Å². The van der Waals surface area contributed by atoms with Crippen LogP contribution in [0.25, 0.3) is 0 Å². The summed E-state index contributed by atoms with van der Waals surface area (Å²) in [5.74, 6) is 0. The Balaban J connectivity index is 2.88. The van der Waals surface area contributed by atoms with Crippen molar-refractivity contribution in [2.24, 2.45) is 0 Å². The van der Waals surface area contributed by atoms with Gasteiger partial charge in [-0.1, -0.05) is 64.7 Å². The van der Waals surface area contributed by atoms with Gasteiger partial charge in [0.25, 0.3) is 0 Å². The van der Waals surface area contributed by atoms with E-state index in [1.165, 1.54) is 64.2 Å². The number of halogens is 1. The van der Waals surface area contributed by atoms with Crippen LogP contribution in [0.3, 0.4) is 0 Å². The lowest BCUT2D eigenvalue weighted by atomic mass is 10.1. The van der Waals surface area contributed by atoms with E-state index in [9.17, 15) is 0 Å². The van der Waals surface area contributed by atoms with Crippen molar-refractivity contribution >= 4 is 11.6 Å². The first kappa shape index (κ1) is 16.2. The summed E-state index contributed by atoms with van der Waals surface area (Å²) < 4.78 is 0.